The maximum atomic E-state index is 12.8. The zero-order valence-electron chi connectivity index (χ0n) is 16.9. The highest BCUT2D eigenvalue weighted by Crippen LogP contribution is 2.36. The molecule has 0 unspecified atom stereocenters. The summed E-state index contributed by atoms with van der Waals surface area (Å²) < 4.78 is 12.0. The minimum atomic E-state index is -0.562. The third kappa shape index (κ3) is 4.24. The van der Waals surface area contributed by atoms with E-state index < -0.39 is 11.9 Å². The van der Waals surface area contributed by atoms with Crippen LogP contribution in [0, 0.1) is 0 Å². The first kappa shape index (κ1) is 20.9. The van der Waals surface area contributed by atoms with E-state index in [1.807, 2.05) is 42.5 Å². The SMILES string of the molecule is O=C(NN=Cc1ccccc1OC(=O)c1sc2ccccc2c1Cl)c1cc2ccccc2o1. The van der Waals surface area contributed by atoms with E-state index in [9.17, 15) is 9.59 Å². The number of carbonyl (C=O) groups excluding carboxylic acids is 2. The van der Waals surface area contributed by atoms with Crippen molar-refractivity contribution in [2.24, 2.45) is 5.10 Å². The van der Waals surface area contributed by atoms with Crippen molar-refractivity contribution in [2.45, 2.75) is 0 Å². The van der Waals surface area contributed by atoms with Gasteiger partial charge >= 0.3 is 11.9 Å². The third-order valence-corrected chi connectivity index (χ3v) is 6.52. The molecule has 2 heterocycles. The summed E-state index contributed by atoms with van der Waals surface area (Å²) in [6.07, 6.45) is 1.40. The summed E-state index contributed by atoms with van der Waals surface area (Å²) in [6, 6.07) is 23.3. The van der Waals surface area contributed by atoms with Gasteiger partial charge in [0.15, 0.2) is 5.76 Å². The van der Waals surface area contributed by atoms with Gasteiger partial charge in [0.25, 0.3) is 0 Å². The number of halogens is 1. The number of furan rings is 1. The number of hydrogen-bond acceptors (Lipinski definition) is 6. The Kier molecular flexibility index (Phi) is 5.64. The first-order chi connectivity index (χ1) is 16.1. The number of carbonyl (C=O) groups is 2. The van der Waals surface area contributed by atoms with Crippen LogP contribution >= 0.6 is 22.9 Å². The van der Waals surface area contributed by atoms with Crippen molar-refractivity contribution >= 4 is 62.1 Å². The van der Waals surface area contributed by atoms with Gasteiger partial charge in [0, 0.05) is 21.0 Å². The predicted octanol–water partition coefficient (Wildman–Crippen LogP) is 6.28. The average Bonchev–Trinajstić information content (AvgIpc) is 3.42. The van der Waals surface area contributed by atoms with Crippen LogP contribution in [-0.4, -0.2) is 18.1 Å². The number of hydrogen-bond donors (Lipinski definition) is 1. The molecule has 2 aromatic heterocycles. The van der Waals surface area contributed by atoms with Gasteiger partial charge in [-0.25, -0.2) is 10.2 Å². The quantitative estimate of drug-likeness (QED) is 0.140. The summed E-state index contributed by atoms with van der Waals surface area (Å²) >= 11 is 7.66. The summed E-state index contributed by atoms with van der Waals surface area (Å²) in [5.74, 6) is -0.618. The van der Waals surface area contributed by atoms with Crippen molar-refractivity contribution in [3.63, 3.8) is 0 Å². The molecule has 0 bridgehead atoms. The summed E-state index contributed by atoms with van der Waals surface area (Å²) in [4.78, 5) is 25.5. The van der Waals surface area contributed by atoms with Gasteiger partial charge < -0.3 is 9.15 Å². The van der Waals surface area contributed by atoms with Crippen molar-refractivity contribution in [1.82, 2.24) is 5.43 Å². The Morgan fingerprint density at radius 2 is 1.76 bits per heavy atom. The van der Waals surface area contributed by atoms with Crippen LogP contribution in [0.1, 0.15) is 25.8 Å². The zero-order chi connectivity index (χ0) is 22.8. The highest BCUT2D eigenvalue weighted by Gasteiger charge is 2.20. The van der Waals surface area contributed by atoms with Crippen LogP contribution in [-0.2, 0) is 0 Å². The summed E-state index contributed by atoms with van der Waals surface area (Å²) in [5, 5.41) is 5.98. The molecule has 6 nitrogen and oxygen atoms in total. The Morgan fingerprint density at radius 3 is 2.61 bits per heavy atom. The normalized spacial score (nSPS) is 11.3. The molecular formula is C25H15ClN2O4S. The molecule has 1 amide bonds. The van der Waals surface area contributed by atoms with E-state index in [0.717, 1.165) is 15.5 Å². The third-order valence-electron chi connectivity index (χ3n) is 4.86. The molecule has 0 aliphatic carbocycles. The Labute approximate surface area is 197 Å². The van der Waals surface area contributed by atoms with Gasteiger partial charge in [0.05, 0.1) is 11.2 Å². The number of rotatable bonds is 5. The van der Waals surface area contributed by atoms with Gasteiger partial charge in [-0.05, 0) is 30.3 Å². The summed E-state index contributed by atoms with van der Waals surface area (Å²) in [5.41, 5.74) is 3.55. The van der Waals surface area contributed by atoms with Crippen LogP contribution in [0.2, 0.25) is 5.02 Å². The lowest BCUT2D eigenvalue weighted by Crippen LogP contribution is -2.17. The van der Waals surface area contributed by atoms with Gasteiger partial charge in [-0.3, -0.25) is 4.79 Å². The molecule has 0 atom stereocenters. The predicted molar refractivity (Wildman–Crippen MR) is 130 cm³/mol. The fourth-order valence-corrected chi connectivity index (χ4v) is 4.67. The Morgan fingerprint density at radius 1 is 1.00 bits per heavy atom. The maximum absolute atomic E-state index is 12.8. The number of amides is 1. The highest BCUT2D eigenvalue weighted by atomic mass is 35.5. The molecule has 0 saturated heterocycles. The van der Waals surface area contributed by atoms with E-state index in [0.29, 0.717) is 21.0 Å². The number of ether oxygens (including phenoxy) is 1. The maximum Gasteiger partial charge on any atom is 0.355 e. The molecule has 1 N–H and O–H groups in total. The Bertz CT molecular complexity index is 1500. The lowest BCUT2D eigenvalue weighted by molar-refractivity contribution is 0.0739. The van der Waals surface area contributed by atoms with Gasteiger partial charge in [0.1, 0.15) is 16.2 Å². The lowest BCUT2D eigenvalue weighted by atomic mass is 10.2. The Balaban J connectivity index is 1.32. The van der Waals surface area contributed by atoms with Gasteiger partial charge in [-0.1, -0.05) is 60.1 Å². The van der Waals surface area contributed by atoms with Crippen molar-refractivity contribution < 1.29 is 18.7 Å². The molecule has 0 radical (unpaired) electrons. The van der Waals surface area contributed by atoms with Crippen molar-refractivity contribution in [3.8, 4) is 5.75 Å². The van der Waals surface area contributed by atoms with Gasteiger partial charge in [-0.2, -0.15) is 5.10 Å². The minimum absolute atomic E-state index is 0.146. The minimum Gasteiger partial charge on any atom is -0.451 e. The topological polar surface area (TPSA) is 80.9 Å². The number of esters is 1. The smallest absolute Gasteiger partial charge is 0.355 e. The summed E-state index contributed by atoms with van der Waals surface area (Å²) in [6.45, 7) is 0. The number of fused-ring (bicyclic) bond motifs is 2. The zero-order valence-corrected chi connectivity index (χ0v) is 18.5. The van der Waals surface area contributed by atoms with E-state index in [4.69, 9.17) is 20.8 Å². The summed E-state index contributed by atoms with van der Waals surface area (Å²) in [7, 11) is 0. The van der Waals surface area contributed by atoms with Crippen LogP contribution in [0.4, 0.5) is 0 Å². The van der Waals surface area contributed by atoms with Crippen LogP contribution < -0.4 is 10.2 Å². The van der Waals surface area contributed by atoms with E-state index in [1.165, 1.54) is 17.6 Å². The van der Waals surface area contributed by atoms with E-state index in [-0.39, 0.29) is 11.5 Å². The number of benzene rings is 3. The van der Waals surface area contributed by atoms with E-state index in [2.05, 4.69) is 10.5 Å². The van der Waals surface area contributed by atoms with Crippen LogP contribution in [0.25, 0.3) is 21.1 Å². The molecule has 0 saturated carbocycles. The van der Waals surface area contributed by atoms with Crippen molar-refractivity contribution in [2.75, 3.05) is 0 Å². The lowest BCUT2D eigenvalue weighted by Gasteiger charge is -2.06. The van der Waals surface area contributed by atoms with Crippen LogP contribution in [0.5, 0.6) is 5.75 Å². The number of nitrogens with one attached hydrogen (secondary N) is 1. The molecule has 0 spiro atoms. The molecule has 0 aliphatic rings. The molecule has 162 valence electrons. The Hall–Kier alpha value is -3.94. The van der Waals surface area contributed by atoms with Crippen LogP contribution in [0.3, 0.4) is 0 Å². The first-order valence-corrected chi connectivity index (χ1v) is 11.1. The molecule has 0 fully saturated rings. The second kappa shape index (κ2) is 8.90. The molecule has 5 rings (SSSR count). The first-order valence-electron chi connectivity index (χ1n) is 9.90. The molecule has 3 aromatic carbocycles. The van der Waals surface area contributed by atoms with Crippen molar-refractivity contribution in [3.05, 3.63) is 100 Å². The largest absolute Gasteiger partial charge is 0.451 e. The van der Waals surface area contributed by atoms with E-state index >= 15 is 0 Å². The number of nitrogens with zero attached hydrogens (tertiary/aromatic N) is 1. The average molecular weight is 475 g/mol. The molecule has 8 heteroatoms. The molecule has 33 heavy (non-hydrogen) atoms. The molecule has 0 aliphatic heterocycles. The second-order valence-electron chi connectivity index (χ2n) is 7.02. The molecule has 5 aromatic rings. The standard InChI is InChI=1S/C25H15ClN2O4S/c26-22-17-9-3-6-12-21(17)33-23(22)25(30)32-19-11-5-2-8-16(19)14-27-28-24(29)20-13-15-7-1-4-10-18(15)31-20/h1-14H,(H,28,29). The number of hydrazone groups is 1. The van der Waals surface area contributed by atoms with Gasteiger partial charge in [0.2, 0.25) is 0 Å². The molecular weight excluding hydrogens is 460 g/mol. The van der Waals surface area contributed by atoms with Crippen LogP contribution in [0.15, 0.2) is 88.4 Å². The van der Waals surface area contributed by atoms with E-state index in [1.54, 1.807) is 36.4 Å². The van der Waals surface area contributed by atoms with Crippen molar-refractivity contribution in [1.29, 1.82) is 0 Å². The fraction of sp³-hybridized carbons (Fsp3) is 0. The number of thiophene rings is 1. The second-order valence-corrected chi connectivity index (χ2v) is 8.45. The fourth-order valence-electron chi connectivity index (χ4n) is 3.28. The monoisotopic (exact) mass is 474 g/mol. The number of para-hydroxylation sites is 2. The highest BCUT2D eigenvalue weighted by molar-refractivity contribution is 7.21. The van der Waals surface area contributed by atoms with Gasteiger partial charge in [-0.15, -0.1) is 11.3 Å².